The molecule has 3 aliphatic rings. The van der Waals surface area contributed by atoms with Crippen LogP contribution in [0.5, 0.6) is 5.75 Å². The lowest BCUT2D eigenvalue weighted by Crippen LogP contribution is -2.55. The Kier molecular flexibility index (Phi) is 7.62. The monoisotopic (exact) mass is 480 g/mol. The average molecular weight is 481 g/mol. The minimum Gasteiger partial charge on any atom is -0.492 e. The molecule has 9 heteroatoms. The van der Waals surface area contributed by atoms with E-state index in [2.05, 4.69) is 21.3 Å². The summed E-state index contributed by atoms with van der Waals surface area (Å²) < 4.78 is 11.8. The maximum atomic E-state index is 11.9. The van der Waals surface area contributed by atoms with Gasteiger partial charge < -0.3 is 15.2 Å². The third-order valence-electron chi connectivity index (χ3n) is 6.12. The fourth-order valence-corrected chi connectivity index (χ4v) is 4.55. The number of anilines is 1. The molecule has 2 unspecified atom stereocenters. The first-order valence-electron chi connectivity index (χ1n) is 12.2. The Morgan fingerprint density at radius 2 is 1.91 bits per heavy atom. The maximum absolute atomic E-state index is 11.9. The van der Waals surface area contributed by atoms with Gasteiger partial charge in [-0.15, -0.1) is 5.12 Å². The third kappa shape index (κ3) is 5.94. The van der Waals surface area contributed by atoms with Gasteiger partial charge in [-0.2, -0.15) is 0 Å². The topological polar surface area (TPSA) is 95.7 Å². The second-order valence-corrected chi connectivity index (χ2v) is 9.88. The molecule has 0 aromatic heterocycles. The molecule has 0 saturated carbocycles. The molecule has 35 heavy (non-hydrogen) atoms. The quantitative estimate of drug-likeness (QED) is 0.549. The van der Waals surface area contributed by atoms with Crippen molar-refractivity contribution >= 4 is 17.6 Å². The van der Waals surface area contributed by atoms with E-state index in [1.54, 1.807) is 18.1 Å². The molecule has 4 rings (SSSR count). The Labute approximate surface area is 207 Å². The van der Waals surface area contributed by atoms with Crippen LogP contribution in [0, 0.1) is 5.92 Å². The zero-order chi connectivity index (χ0) is 25.0. The second kappa shape index (κ2) is 10.7. The third-order valence-corrected chi connectivity index (χ3v) is 6.12. The van der Waals surface area contributed by atoms with Gasteiger partial charge in [0.2, 0.25) is 5.96 Å². The van der Waals surface area contributed by atoms with E-state index in [4.69, 9.17) is 15.2 Å². The summed E-state index contributed by atoms with van der Waals surface area (Å²) in [7, 11) is 1.80. The number of nitrogens with two attached hydrogens (primary N) is 1. The lowest BCUT2D eigenvalue weighted by molar-refractivity contribution is 0.130. The molecule has 2 aliphatic heterocycles. The van der Waals surface area contributed by atoms with Crippen LogP contribution in [0.1, 0.15) is 33.6 Å². The Bertz CT molecular complexity index is 1030. The van der Waals surface area contributed by atoms with Crippen molar-refractivity contribution in [2.24, 2.45) is 16.6 Å². The van der Waals surface area contributed by atoms with Crippen LogP contribution >= 0.6 is 0 Å². The van der Waals surface area contributed by atoms with Crippen molar-refractivity contribution < 1.29 is 14.3 Å². The number of rotatable bonds is 8. The highest BCUT2D eigenvalue weighted by atomic mass is 16.5. The van der Waals surface area contributed by atoms with Crippen LogP contribution in [0.4, 0.5) is 5.69 Å². The Morgan fingerprint density at radius 1 is 1.20 bits per heavy atom. The fourth-order valence-electron chi connectivity index (χ4n) is 4.55. The van der Waals surface area contributed by atoms with E-state index in [9.17, 15) is 4.79 Å². The van der Waals surface area contributed by atoms with Gasteiger partial charge in [0, 0.05) is 13.6 Å². The van der Waals surface area contributed by atoms with E-state index in [0.717, 1.165) is 31.1 Å². The first-order valence-corrected chi connectivity index (χ1v) is 12.2. The van der Waals surface area contributed by atoms with Crippen LogP contribution in [-0.2, 0) is 9.53 Å². The summed E-state index contributed by atoms with van der Waals surface area (Å²) in [6.45, 7) is 9.76. The number of benzene rings is 1. The second-order valence-electron chi connectivity index (χ2n) is 9.88. The summed E-state index contributed by atoms with van der Waals surface area (Å²) in [6, 6.07) is 7.66. The summed E-state index contributed by atoms with van der Waals surface area (Å²) in [5.41, 5.74) is 10.5. The minimum atomic E-state index is -0.458. The van der Waals surface area contributed by atoms with Gasteiger partial charge in [-0.1, -0.05) is 6.08 Å². The van der Waals surface area contributed by atoms with E-state index >= 15 is 0 Å². The normalized spacial score (nSPS) is 23.3. The summed E-state index contributed by atoms with van der Waals surface area (Å²) in [4.78, 5) is 18.9. The molecule has 188 valence electrons. The first-order chi connectivity index (χ1) is 16.8. The summed E-state index contributed by atoms with van der Waals surface area (Å²) >= 11 is 0. The highest BCUT2D eigenvalue weighted by Crippen LogP contribution is 2.33. The lowest BCUT2D eigenvalue weighted by atomic mass is 9.92. The predicted molar refractivity (Wildman–Crippen MR) is 137 cm³/mol. The van der Waals surface area contributed by atoms with Gasteiger partial charge in [0.25, 0.3) is 0 Å². The number of nitrogens with one attached hydrogen (secondary N) is 1. The minimum absolute atomic E-state index is 0.285. The van der Waals surface area contributed by atoms with Crippen molar-refractivity contribution in [3.05, 3.63) is 53.8 Å². The molecule has 0 amide bonds. The number of hydrogen-bond donors (Lipinski definition) is 2. The van der Waals surface area contributed by atoms with Crippen molar-refractivity contribution in [1.29, 1.82) is 0 Å². The molecule has 0 radical (unpaired) electrons. The summed E-state index contributed by atoms with van der Waals surface area (Å²) in [5, 5.41) is 3.60. The van der Waals surface area contributed by atoms with Crippen LogP contribution in [-0.4, -0.2) is 67.0 Å². The number of nitrogens with zero attached hydrogens (tertiary/aromatic N) is 4. The van der Waals surface area contributed by atoms with Gasteiger partial charge in [0.1, 0.15) is 29.7 Å². The van der Waals surface area contributed by atoms with Gasteiger partial charge in [-0.3, -0.25) is 4.90 Å². The molecule has 3 N–H and O–H groups in total. The van der Waals surface area contributed by atoms with Gasteiger partial charge in [-0.05, 0) is 83.1 Å². The number of carbonyl (C=O) groups excluding carboxylic acids is 1. The lowest BCUT2D eigenvalue weighted by Gasteiger charge is -2.34. The number of hydrogen-bond acceptors (Lipinski definition) is 9. The molecule has 1 saturated heterocycles. The Morgan fingerprint density at radius 3 is 2.54 bits per heavy atom. The van der Waals surface area contributed by atoms with Crippen molar-refractivity contribution in [3.8, 4) is 5.75 Å². The predicted octanol–water partition coefficient (Wildman–Crippen LogP) is 2.62. The van der Waals surface area contributed by atoms with Crippen molar-refractivity contribution in [1.82, 2.24) is 15.4 Å². The number of aliphatic imine (C=N–C) groups is 1. The molecule has 1 aromatic carbocycles. The number of likely N-dealkylation sites (tertiary alicyclic amines) is 1. The molecule has 1 fully saturated rings. The van der Waals surface area contributed by atoms with Crippen molar-refractivity contribution in [2.45, 2.75) is 45.4 Å². The van der Waals surface area contributed by atoms with Crippen LogP contribution in [0.3, 0.4) is 0 Å². The van der Waals surface area contributed by atoms with E-state index in [-0.39, 0.29) is 11.5 Å². The van der Waals surface area contributed by atoms with Crippen LogP contribution in [0.15, 0.2) is 58.8 Å². The number of guanidine groups is 1. The van der Waals surface area contributed by atoms with E-state index in [0.29, 0.717) is 23.9 Å². The standard InChI is InChI=1S/C26H36N6O3/c1-26(2,3)35-21-9-7-20(8-10-21)31-25(27)29-24(32(31)28-4)23-12-11-22(17-19(23)18-33)34-16-15-30-13-5-6-14-30/h7-12,17,23-24,28H,5-6,13-16H2,1-4H3,(H2,27,29). The molecule has 1 aromatic rings. The molecule has 9 nitrogen and oxygen atoms in total. The molecule has 0 spiro atoms. The molecule has 2 heterocycles. The zero-order valence-electron chi connectivity index (χ0n) is 21.0. The van der Waals surface area contributed by atoms with Crippen LogP contribution in [0.25, 0.3) is 0 Å². The number of ether oxygens (including phenoxy) is 2. The maximum Gasteiger partial charge on any atom is 0.213 e. The highest BCUT2D eigenvalue weighted by Gasteiger charge is 2.39. The van der Waals surface area contributed by atoms with Gasteiger partial charge in [-0.25, -0.2) is 20.2 Å². The van der Waals surface area contributed by atoms with Crippen LogP contribution in [0.2, 0.25) is 0 Å². The zero-order valence-corrected chi connectivity index (χ0v) is 21.0. The van der Waals surface area contributed by atoms with E-state index < -0.39 is 6.17 Å². The highest BCUT2D eigenvalue weighted by molar-refractivity contribution is 5.95. The molecule has 1 aliphatic carbocycles. The molecular weight excluding hydrogens is 444 g/mol. The Balaban J connectivity index is 1.44. The Hall–Kier alpha value is -3.10. The summed E-state index contributed by atoms with van der Waals surface area (Å²) in [5.74, 6) is 3.51. The van der Waals surface area contributed by atoms with Crippen molar-refractivity contribution in [3.63, 3.8) is 0 Å². The SMILES string of the molecule is CNN1C(C2C=CC(OCCN3CCCC3)=CC2=C=O)N=C(N)N1c1ccc(OC(C)(C)C)cc1. The number of hydrazine groups is 2. The molecule has 2 atom stereocenters. The van der Waals surface area contributed by atoms with Gasteiger partial charge in [0.15, 0.2) is 6.17 Å². The van der Waals surface area contributed by atoms with Gasteiger partial charge in [0.05, 0.1) is 17.2 Å². The fraction of sp³-hybridized carbons (Fsp3) is 0.500. The van der Waals surface area contributed by atoms with Crippen molar-refractivity contribution in [2.75, 3.05) is 38.3 Å². The van der Waals surface area contributed by atoms with Crippen LogP contribution < -0.4 is 20.9 Å². The molecule has 0 bridgehead atoms. The smallest absolute Gasteiger partial charge is 0.213 e. The first kappa shape index (κ1) is 25.0. The van der Waals surface area contributed by atoms with E-state index in [1.165, 1.54) is 12.8 Å². The molecular formula is C26H36N6O3. The number of allylic oxidation sites excluding steroid dienone is 2. The van der Waals surface area contributed by atoms with Gasteiger partial charge >= 0.3 is 0 Å². The van der Waals surface area contributed by atoms with E-state index in [1.807, 2.05) is 62.3 Å². The summed E-state index contributed by atoms with van der Waals surface area (Å²) in [6.07, 6.45) is 7.63. The average Bonchev–Trinajstić information content (AvgIpc) is 3.46. The largest absolute Gasteiger partial charge is 0.492 e.